The molecule has 0 heterocycles. The molecule has 0 fully saturated rings. The number of aryl methyl sites for hydroxylation is 1. The second-order valence-electron chi connectivity index (χ2n) is 4.02. The zero-order chi connectivity index (χ0) is 12.8. The maximum absolute atomic E-state index is 13.5. The van der Waals surface area contributed by atoms with Crippen LogP contribution in [0.5, 0.6) is 0 Å². The number of nitrogens with one attached hydrogen (secondary N) is 1. The molecule has 0 aromatic heterocycles. The predicted molar refractivity (Wildman–Crippen MR) is 76.8 cm³/mol. The van der Waals surface area contributed by atoms with Crippen LogP contribution in [0.4, 0.5) is 10.1 Å². The van der Waals surface area contributed by atoms with Crippen molar-refractivity contribution < 1.29 is 4.39 Å². The lowest BCUT2D eigenvalue weighted by Crippen LogP contribution is -2.07. The zero-order valence-electron chi connectivity index (χ0n) is 10.3. The topological polar surface area (TPSA) is 12.0 Å². The molecule has 0 unspecified atom stereocenters. The van der Waals surface area contributed by atoms with Crippen molar-refractivity contribution in [3.8, 4) is 0 Å². The molecule has 0 aliphatic heterocycles. The van der Waals surface area contributed by atoms with Crippen molar-refractivity contribution in [1.29, 1.82) is 0 Å². The van der Waals surface area contributed by atoms with Crippen LogP contribution in [-0.2, 0) is 0 Å². The highest BCUT2D eigenvalue weighted by Gasteiger charge is 2.03. The molecule has 0 radical (unpaired) electrons. The van der Waals surface area contributed by atoms with Gasteiger partial charge in [0.15, 0.2) is 0 Å². The first-order valence-corrected chi connectivity index (χ1v) is 6.93. The van der Waals surface area contributed by atoms with E-state index in [0.29, 0.717) is 5.69 Å². The Balaban J connectivity index is 1.82. The number of halogens is 1. The summed E-state index contributed by atoms with van der Waals surface area (Å²) in [6.07, 6.45) is 0. The van der Waals surface area contributed by atoms with Crippen molar-refractivity contribution in [1.82, 2.24) is 0 Å². The molecule has 18 heavy (non-hydrogen) atoms. The minimum absolute atomic E-state index is 0.181. The summed E-state index contributed by atoms with van der Waals surface area (Å²) in [6, 6.07) is 15.3. The maximum atomic E-state index is 13.5. The molecule has 2 aromatic rings. The average Bonchev–Trinajstić information content (AvgIpc) is 2.38. The van der Waals surface area contributed by atoms with E-state index in [4.69, 9.17) is 0 Å². The largest absolute Gasteiger partial charge is 0.382 e. The highest BCUT2D eigenvalue weighted by Crippen LogP contribution is 2.20. The SMILES string of the molecule is Cc1cccc(F)c1NCCSc1ccccc1. The Morgan fingerprint density at radius 2 is 1.83 bits per heavy atom. The van der Waals surface area contributed by atoms with E-state index >= 15 is 0 Å². The van der Waals surface area contributed by atoms with Crippen molar-refractivity contribution >= 4 is 17.4 Å². The fourth-order valence-electron chi connectivity index (χ4n) is 1.72. The molecule has 0 aliphatic rings. The van der Waals surface area contributed by atoms with Crippen LogP contribution < -0.4 is 5.32 Å². The quantitative estimate of drug-likeness (QED) is 0.635. The van der Waals surface area contributed by atoms with Crippen LogP contribution in [0.15, 0.2) is 53.4 Å². The molecular formula is C15H16FNS. The highest BCUT2D eigenvalue weighted by atomic mass is 32.2. The van der Waals surface area contributed by atoms with Gasteiger partial charge in [-0.2, -0.15) is 0 Å². The van der Waals surface area contributed by atoms with Gasteiger partial charge < -0.3 is 5.32 Å². The molecule has 1 N–H and O–H groups in total. The molecule has 2 aromatic carbocycles. The summed E-state index contributed by atoms with van der Waals surface area (Å²) in [4.78, 5) is 1.24. The third-order valence-corrected chi connectivity index (χ3v) is 3.65. The van der Waals surface area contributed by atoms with E-state index in [9.17, 15) is 4.39 Å². The Bertz CT molecular complexity index is 479. The minimum atomic E-state index is -0.181. The van der Waals surface area contributed by atoms with Crippen molar-refractivity contribution in [2.75, 3.05) is 17.6 Å². The van der Waals surface area contributed by atoms with Crippen LogP contribution in [0.2, 0.25) is 0 Å². The van der Waals surface area contributed by atoms with Gasteiger partial charge in [-0.25, -0.2) is 4.39 Å². The van der Waals surface area contributed by atoms with Crippen LogP contribution in [0.25, 0.3) is 0 Å². The monoisotopic (exact) mass is 261 g/mol. The molecule has 0 amide bonds. The van der Waals surface area contributed by atoms with E-state index < -0.39 is 0 Å². The number of hydrogen-bond acceptors (Lipinski definition) is 2. The maximum Gasteiger partial charge on any atom is 0.146 e. The average molecular weight is 261 g/mol. The first-order valence-electron chi connectivity index (χ1n) is 5.94. The third kappa shape index (κ3) is 3.50. The van der Waals surface area contributed by atoms with Gasteiger partial charge in [-0.1, -0.05) is 30.3 Å². The van der Waals surface area contributed by atoms with E-state index in [-0.39, 0.29) is 5.82 Å². The third-order valence-electron chi connectivity index (χ3n) is 2.64. The first kappa shape index (κ1) is 13.0. The van der Waals surface area contributed by atoms with Gasteiger partial charge >= 0.3 is 0 Å². The lowest BCUT2D eigenvalue weighted by atomic mass is 10.2. The summed E-state index contributed by atoms with van der Waals surface area (Å²) in [7, 11) is 0. The highest BCUT2D eigenvalue weighted by molar-refractivity contribution is 7.99. The summed E-state index contributed by atoms with van der Waals surface area (Å²) >= 11 is 1.77. The van der Waals surface area contributed by atoms with Crippen molar-refractivity contribution in [3.63, 3.8) is 0 Å². The van der Waals surface area contributed by atoms with Crippen LogP contribution in [-0.4, -0.2) is 12.3 Å². The van der Waals surface area contributed by atoms with Gasteiger partial charge in [-0.05, 0) is 30.7 Å². The minimum Gasteiger partial charge on any atom is -0.382 e. The summed E-state index contributed by atoms with van der Waals surface area (Å²) in [5.41, 5.74) is 1.56. The van der Waals surface area contributed by atoms with Gasteiger partial charge in [0, 0.05) is 17.2 Å². The molecule has 0 saturated carbocycles. The molecule has 0 aliphatic carbocycles. The molecular weight excluding hydrogens is 245 g/mol. The first-order chi connectivity index (χ1) is 8.77. The number of rotatable bonds is 5. The van der Waals surface area contributed by atoms with E-state index in [2.05, 4.69) is 17.4 Å². The number of anilines is 1. The van der Waals surface area contributed by atoms with Gasteiger partial charge in [0.05, 0.1) is 5.69 Å². The van der Waals surface area contributed by atoms with E-state index in [1.54, 1.807) is 17.8 Å². The molecule has 0 bridgehead atoms. The fraction of sp³-hybridized carbons (Fsp3) is 0.200. The van der Waals surface area contributed by atoms with Crippen molar-refractivity contribution in [2.45, 2.75) is 11.8 Å². The number of hydrogen-bond donors (Lipinski definition) is 1. The number of benzene rings is 2. The summed E-state index contributed by atoms with van der Waals surface area (Å²) in [5, 5.41) is 3.16. The van der Waals surface area contributed by atoms with Crippen LogP contribution in [0.1, 0.15) is 5.56 Å². The summed E-state index contributed by atoms with van der Waals surface area (Å²) in [5.74, 6) is 0.734. The fourth-order valence-corrected chi connectivity index (χ4v) is 2.51. The van der Waals surface area contributed by atoms with Crippen LogP contribution >= 0.6 is 11.8 Å². The summed E-state index contributed by atoms with van der Waals surface area (Å²) < 4.78 is 13.5. The van der Waals surface area contributed by atoms with Gasteiger partial charge in [0.2, 0.25) is 0 Å². The molecule has 2 rings (SSSR count). The van der Waals surface area contributed by atoms with Crippen LogP contribution in [0.3, 0.4) is 0 Å². The van der Waals surface area contributed by atoms with Gasteiger partial charge in [0.25, 0.3) is 0 Å². The van der Waals surface area contributed by atoms with E-state index in [1.807, 2.05) is 31.2 Å². The second-order valence-corrected chi connectivity index (χ2v) is 5.19. The molecule has 3 heteroatoms. The molecule has 0 spiro atoms. The molecule has 94 valence electrons. The Hall–Kier alpha value is -1.48. The molecule has 0 atom stereocenters. The van der Waals surface area contributed by atoms with Crippen molar-refractivity contribution in [3.05, 3.63) is 59.9 Å². The second kappa shape index (κ2) is 6.45. The zero-order valence-corrected chi connectivity index (χ0v) is 11.1. The Morgan fingerprint density at radius 1 is 1.06 bits per heavy atom. The van der Waals surface area contributed by atoms with Crippen LogP contribution in [0, 0.1) is 12.7 Å². The lowest BCUT2D eigenvalue weighted by molar-refractivity contribution is 0.629. The standard InChI is InChI=1S/C15H16FNS/c1-12-6-5-9-14(16)15(12)17-10-11-18-13-7-3-2-4-8-13/h2-9,17H,10-11H2,1H3. The lowest BCUT2D eigenvalue weighted by Gasteiger charge is -2.10. The molecule has 0 saturated heterocycles. The number of para-hydroxylation sites is 1. The Labute approximate surface area is 111 Å². The Morgan fingerprint density at radius 3 is 2.56 bits per heavy atom. The van der Waals surface area contributed by atoms with Gasteiger partial charge in [-0.15, -0.1) is 11.8 Å². The number of thioether (sulfide) groups is 1. The summed E-state index contributed by atoms with van der Waals surface area (Å²) in [6.45, 7) is 2.66. The molecule has 1 nitrogen and oxygen atoms in total. The van der Waals surface area contributed by atoms with Gasteiger partial charge in [-0.3, -0.25) is 0 Å². The Kier molecular flexibility index (Phi) is 4.65. The van der Waals surface area contributed by atoms with E-state index in [1.165, 1.54) is 11.0 Å². The smallest absolute Gasteiger partial charge is 0.146 e. The van der Waals surface area contributed by atoms with E-state index in [0.717, 1.165) is 17.9 Å². The normalized spacial score (nSPS) is 10.3. The van der Waals surface area contributed by atoms with Crippen molar-refractivity contribution in [2.24, 2.45) is 0 Å². The van der Waals surface area contributed by atoms with Gasteiger partial charge in [0.1, 0.15) is 5.82 Å². The predicted octanol–water partition coefficient (Wildman–Crippen LogP) is 4.34.